The molecule has 0 amide bonds. The molecule has 0 saturated carbocycles. The molecule has 0 spiro atoms. The van der Waals surface area contributed by atoms with E-state index >= 15 is 0 Å². The third-order valence-corrected chi connectivity index (χ3v) is 5.97. The summed E-state index contributed by atoms with van der Waals surface area (Å²) in [6.07, 6.45) is 0. The summed E-state index contributed by atoms with van der Waals surface area (Å²) in [5.74, 6) is 0.973. The summed E-state index contributed by atoms with van der Waals surface area (Å²) >= 11 is 5.35. The Hall–Kier alpha value is -3.30. The van der Waals surface area contributed by atoms with E-state index in [4.69, 9.17) is 21.7 Å². The first-order valence-corrected chi connectivity index (χ1v) is 11.2. The Balaban J connectivity index is 1.74. The van der Waals surface area contributed by atoms with Gasteiger partial charge in [-0.25, -0.2) is 8.42 Å². The molecule has 9 heteroatoms. The summed E-state index contributed by atoms with van der Waals surface area (Å²) in [7, 11) is -0.803. The number of anilines is 3. The number of nitrogens with one attached hydrogen (secondary N) is 3. The Labute approximate surface area is 187 Å². The van der Waals surface area contributed by atoms with Crippen LogP contribution in [-0.4, -0.2) is 27.7 Å². The SMILES string of the molecule is COc1ccc(NS(=O)(=O)c2ccc(NC(=S)Nc3ccc(C)cc3)c(OC)c2)cc1. The smallest absolute Gasteiger partial charge is 0.262 e. The molecule has 0 fully saturated rings. The summed E-state index contributed by atoms with van der Waals surface area (Å²) < 4.78 is 38.5. The number of ether oxygens (including phenoxy) is 2. The number of aryl methyl sites for hydroxylation is 1. The van der Waals surface area contributed by atoms with Crippen molar-refractivity contribution in [3.05, 3.63) is 72.3 Å². The van der Waals surface area contributed by atoms with Crippen LogP contribution in [0.15, 0.2) is 71.6 Å². The van der Waals surface area contributed by atoms with Crippen molar-refractivity contribution in [3.8, 4) is 11.5 Å². The first-order valence-electron chi connectivity index (χ1n) is 9.30. The molecule has 3 N–H and O–H groups in total. The molecule has 0 heterocycles. The highest BCUT2D eigenvalue weighted by molar-refractivity contribution is 7.92. The Morgan fingerprint density at radius 3 is 2.10 bits per heavy atom. The van der Waals surface area contributed by atoms with Gasteiger partial charge >= 0.3 is 0 Å². The Bertz CT molecular complexity index is 1160. The molecule has 7 nitrogen and oxygen atoms in total. The minimum Gasteiger partial charge on any atom is -0.497 e. The Morgan fingerprint density at radius 1 is 0.839 bits per heavy atom. The lowest BCUT2D eigenvalue weighted by Crippen LogP contribution is -2.20. The third-order valence-electron chi connectivity index (χ3n) is 4.38. The second-order valence-electron chi connectivity index (χ2n) is 6.64. The Kier molecular flexibility index (Phi) is 6.98. The molecular formula is C22H23N3O4S2. The maximum absolute atomic E-state index is 12.8. The molecule has 31 heavy (non-hydrogen) atoms. The van der Waals surface area contributed by atoms with Crippen LogP contribution in [0.3, 0.4) is 0 Å². The van der Waals surface area contributed by atoms with Crippen LogP contribution in [0.25, 0.3) is 0 Å². The minimum absolute atomic E-state index is 0.0585. The fraction of sp³-hybridized carbons (Fsp3) is 0.136. The van der Waals surface area contributed by atoms with Gasteiger partial charge in [-0.1, -0.05) is 17.7 Å². The van der Waals surface area contributed by atoms with Crippen molar-refractivity contribution in [3.63, 3.8) is 0 Å². The van der Waals surface area contributed by atoms with Gasteiger partial charge in [0.2, 0.25) is 0 Å². The highest BCUT2D eigenvalue weighted by Crippen LogP contribution is 2.29. The molecule has 3 rings (SSSR count). The summed E-state index contributed by atoms with van der Waals surface area (Å²) in [4.78, 5) is 0.0585. The van der Waals surface area contributed by atoms with E-state index in [0.717, 1.165) is 11.3 Å². The average molecular weight is 458 g/mol. The summed E-state index contributed by atoms with van der Waals surface area (Å²) in [6.45, 7) is 2.00. The van der Waals surface area contributed by atoms with Crippen molar-refractivity contribution in [1.82, 2.24) is 0 Å². The standard InChI is InChI=1S/C22H23N3O4S2/c1-15-4-6-16(7-5-15)23-22(30)24-20-13-12-19(14-21(20)29-3)31(26,27)25-17-8-10-18(28-2)11-9-17/h4-14,25H,1-3H3,(H2,23,24,30). The lowest BCUT2D eigenvalue weighted by Gasteiger charge is -2.15. The molecule has 3 aromatic rings. The van der Waals surface area contributed by atoms with Crippen LogP contribution >= 0.6 is 12.2 Å². The van der Waals surface area contributed by atoms with Crippen molar-refractivity contribution in [2.75, 3.05) is 29.6 Å². The Morgan fingerprint density at radius 2 is 1.48 bits per heavy atom. The fourth-order valence-corrected chi connectivity index (χ4v) is 4.04. The molecule has 0 radical (unpaired) electrons. The highest BCUT2D eigenvalue weighted by Gasteiger charge is 2.17. The van der Waals surface area contributed by atoms with Crippen LogP contribution in [0.4, 0.5) is 17.1 Å². The topological polar surface area (TPSA) is 88.7 Å². The molecular weight excluding hydrogens is 434 g/mol. The van der Waals surface area contributed by atoms with Crippen LogP contribution < -0.4 is 24.8 Å². The zero-order valence-electron chi connectivity index (χ0n) is 17.3. The number of methoxy groups -OCH3 is 2. The minimum atomic E-state index is -3.81. The molecule has 0 saturated heterocycles. The molecule has 3 aromatic carbocycles. The molecule has 0 aliphatic carbocycles. The van der Waals surface area contributed by atoms with Gasteiger partial charge in [0, 0.05) is 17.4 Å². The van der Waals surface area contributed by atoms with Gasteiger partial charge in [0.1, 0.15) is 11.5 Å². The van der Waals surface area contributed by atoms with Crippen LogP contribution in [0, 0.1) is 6.92 Å². The number of thiocarbonyl (C=S) groups is 1. The third kappa shape index (κ3) is 5.87. The number of benzene rings is 3. The van der Waals surface area contributed by atoms with Crippen molar-refractivity contribution in [2.45, 2.75) is 11.8 Å². The second kappa shape index (κ2) is 9.67. The van der Waals surface area contributed by atoms with Crippen molar-refractivity contribution in [1.29, 1.82) is 0 Å². The lowest BCUT2D eigenvalue weighted by molar-refractivity contribution is 0.415. The average Bonchev–Trinajstić information content (AvgIpc) is 2.75. The maximum Gasteiger partial charge on any atom is 0.262 e. The predicted octanol–water partition coefficient (Wildman–Crippen LogP) is 4.62. The van der Waals surface area contributed by atoms with Gasteiger partial charge in [0.25, 0.3) is 10.0 Å². The zero-order chi connectivity index (χ0) is 22.4. The van der Waals surface area contributed by atoms with Gasteiger partial charge in [-0.2, -0.15) is 0 Å². The summed E-state index contributed by atoms with van der Waals surface area (Å²) in [5.41, 5.74) is 2.94. The number of rotatable bonds is 7. The molecule has 0 unspecified atom stereocenters. The largest absolute Gasteiger partial charge is 0.497 e. The molecule has 162 valence electrons. The van der Waals surface area contributed by atoms with E-state index in [2.05, 4.69) is 15.4 Å². The van der Waals surface area contributed by atoms with E-state index in [1.807, 2.05) is 31.2 Å². The van der Waals surface area contributed by atoms with Crippen molar-refractivity contribution >= 4 is 44.4 Å². The van der Waals surface area contributed by atoms with E-state index in [9.17, 15) is 8.42 Å². The quantitative estimate of drug-likeness (QED) is 0.446. The van der Waals surface area contributed by atoms with Gasteiger partial charge < -0.3 is 20.1 Å². The molecule has 0 atom stereocenters. The normalized spacial score (nSPS) is 10.8. The van der Waals surface area contributed by atoms with Crippen molar-refractivity contribution in [2.24, 2.45) is 0 Å². The summed E-state index contributed by atoms with van der Waals surface area (Å²) in [5, 5.41) is 6.47. The zero-order valence-corrected chi connectivity index (χ0v) is 18.9. The summed E-state index contributed by atoms with van der Waals surface area (Å²) in [6, 6.07) is 18.9. The van der Waals surface area contributed by atoms with Crippen LogP contribution in [0.1, 0.15) is 5.56 Å². The monoisotopic (exact) mass is 457 g/mol. The van der Waals surface area contributed by atoms with Crippen LogP contribution in [0.2, 0.25) is 0 Å². The van der Waals surface area contributed by atoms with Gasteiger partial charge in [0.05, 0.1) is 24.8 Å². The van der Waals surface area contributed by atoms with E-state index in [-0.39, 0.29) is 4.90 Å². The van der Waals surface area contributed by atoms with Gasteiger partial charge in [-0.3, -0.25) is 4.72 Å². The van der Waals surface area contributed by atoms with E-state index < -0.39 is 10.0 Å². The number of hydrogen-bond donors (Lipinski definition) is 3. The van der Waals surface area contributed by atoms with E-state index in [0.29, 0.717) is 28.0 Å². The molecule has 0 aliphatic rings. The predicted molar refractivity (Wildman–Crippen MR) is 128 cm³/mol. The van der Waals surface area contributed by atoms with Gasteiger partial charge in [-0.15, -0.1) is 0 Å². The van der Waals surface area contributed by atoms with E-state index in [1.54, 1.807) is 37.4 Å². The molecule has 0 aromatic heterocycles. The lowest BCUT2D eigenvalue weighted by atomic mass is 10.2. The van der Waals surface area contributed by atoms with Crippen LogP contribution in [-0.2, 0) is 10.0 Å². The molecule has 0 bridgehead atoms. The first-order chi connectivity index (χ1) is 14.8. The number of sulfonamides is 1. The van der Waals surface area contributed by atoms with Crippen LogP contribution in [0.5, 0.6) is 11.5 Å². The van der Waals surface area contributed by atoms with E-state index in [1.165, 1.54) is 19.2 Å². The first kappa shape index (κ1) is 22.4. The number of hydrogen-bond acceptors (Lipinski definition) is 5. The highest BCUT2D eigenvalue weighted by atomic mass is 32.2. The van der Waals surface area contributed by atoms with Crippen molar-refractivity contribution < 1.29 is 17.9 Å². The molecule has 0 aliphatic heterocycles. The van der Waals surface area contributed by atoms with Gasteiger partial charge in [-0.05, 0) is 67.7 Å². The van der Waals surface area contributed by atoms with Gasteiger partial charge in [0.15, 0.2) is 5.11 Å². The maximum atomic E-state index is 12.8. The second-order valence-corrected chi connectivity index (χ2v) is 8.73. The fourth-order valence-electron chi connectivity index (χ4n) is 2.74.